The normalized spacial score (nSPS) is 19.1. The second-order valence-electron chi connectivity index (χ2n) is 7.59. The summed E-state index contributed by atoms with van der Waals surface area (Å²) in [6.07, 6.45) is 4.95. The molecule has 0 aliphatic heterocycles. The van der Waals surface area contributed by atoms with Gasteiger partial charge in [-0.25, -0.2) is 4.79 Å². The summed E-state index contributed by atoms with van der Waals surface area (Å²) in [5, 5.41) is 9.50. The Kier molecular flexibility index (Phi) is 9.06. The van der Waals surface area contributed by atoms with E-state index in [9.17, 15) is 9.59 Å². The van der Waals surface area contributed by atoms with Gasteiger partial charge in [-0.15, -0.1) is 0 Å². The fourth-order valence-corrected chi connectivity index (χ4v) is 3.70. The number of rotatable bonds is 8. The molecule has 0 radical (unpaired) electrons. The summed E-state index contributed by atoms with van der Waals surface area (Å²) in [5.74, 6) is 1.28. The largest absolute Gasteiger partial charge is 0.414 e. The molecule has 1 aliphatic carbocycles. The van der Waals surface area contributed by atoms with Crippen molar-refractivity contribution in [1.82, 2.24) is 9.80 Å². The van der Waals surface area contributed by atoms with Gasteiger partial charge in [-0.3, -0.25) is 4.79 Å². The topological polar surface area (TPSA) is 70.1 Å². The van der Waals surface area contributed by atoms with E-state index in [1.807, 2.05) is 7.05 Å². The first-order valence-electron chi connectivity index (χ1n) is 9.95. The van der Waals surface area contributed by atoms with Gasteiger partial charge in [-0.05, 0) is 68.7 Å². The highest BCUT2D eigenvalue weighted by Gasteiger charge is 2.28. The zero-order valence-corrected chi connectivity index (χ0v) is 17.5. The maximum absolute atomic E-state index is 12.4. The molecule has 0 unspecified atom stereocenters. The summed E-state index contributed by atoms with van der Waals surface area (Å²) < 4.78 is 5.34. The molecule has 7 heteroatoms. The molecule has 1 fully saturated rings. The Bertz CT molecular complexity index is 630. The first-order valence-corrected chi connectivity index (χ1v) is 10.3. The van der Waals surface area contributed by atoms with Gasteiger partial charge in [0.1, 0.15) is 5.75 Å². The number of hydrogen-bond acceptors (Lipinski definition) is 4. The average molecular weight is 411 g/mol. The van der Waals surface area contributed by atoms with Crippen molar-refractivity contribution >= 4 is 23.6 Å². The van der Waals surface area contributed by atoms with Crippen LogP contribution in [0.2, 0.25) is 5.02 Å². The standard InChI is InChI=1S/C21H31ClN2O4/c1-23(13-3-15-25)20(26)17-6-4-16(5-7-17)12-14-24(2)21(27)28-19-10-8-18(22)9-11-19/h8-11,16-17,25H,3-7,12-15H2,1-2H3. The minimum absolute atomic E-state index is 0.0903. The predicted molar refractivity (Wildman–Crippen MR) is 110 cm³/mol. The molecule has 156 valence electrons. The third-order valence-electron chi connectivity index (χ3n) is 5.43. The lowest BCUT2D eigenvalue weighted by molar-refractivity contribution is -0.135. The highest BCUT2D eigenvalue weighted by molar-refractivity contribution is 6.30. The van der Waals surface area contributed by atoms with Crippen molar-refractivity contribution in [3.8, 4) is 5.75 Å². The van der Waals surface area contributed by atoms with Crippen molar-refractivity contribution in [3.05, 3.63) is 29.3 Å². The Hall–Kier alpha value is -1.79. The number of halogens is 1. The summed E-state index contributed by atoms with van der Waals surface area (Å²) in [4.78, 5) is 27.9. The molecule has 1 aromatic carbocycles. The summed E-state index contributed by atoms with van der Waals surface area (Å²) in [7, 11) is 3.55. The number of aliphatic hydroxyl groups is 1. The molecule has 0 aromatic heterocycles. The SMILES string of the molecule is CN(CCC1CCC(C(=O)N(C)CCCO)CC1)C(=O)Oc1ccc(Cl)cc1. The van der Waals surface area contributed by atoms with Gasteiger partial charge in [-0.1, -0.05) is 11.6 Å². The molecule has 0 spiro atoms. The second-order valence-corrected chi connectivity index (χ2v) is 8.02. The third-order valence-corrected chi connectivity index (χ3v) is 5.68. The molecule has 2 rings (SSSR count). The van der Waals surface area contributed by atoms with Crippen LogP contribution in [0.25, 0.3) is 0 Å². The van der Waals surface area contributed by atoms with Gasteiger partial charge < -0.3 is 19.6 Å². The Morgan fingerprint density at radius 1 is 1.07 bits per heavy atom. The molecule has 28 heavy (non-hydrogen) atoms. The van der Waals surface area contributed by atoms with Crippen molar-refractivity contribution < 1.29 is 19.4 Å². The van der Waals surface area contributed by atoms with Gasteiger partial charge in [0.15, 0.2) is 0 Å². The Morgan fingerprint density at radius 3 is 2.32 bits per heavy atom. The molecule has 0 saturated heterocycles. The summed E-state index contributed by atoms with van der Waals surface area (Å²) in [5.41, 5.74) is 0. The smallest absolute Gasteiger partial charge is 0.410 e. The van der Waals surface area contributed by atoms with Gasteiger partial charge in [0.25, 0.3) is 0 Å². The molecule has 0 atom stereocenters. The van der Waals surface area contributed by atoms with E-state index in [0.29, 0.717) is 36.2 Å². The van der Waals surface area contributed by atoms with E-state index in [1.165, 1.54) is 0 Å². The van der Waals surface area contributed by atoms with Crippen LogP contribution in [0.1, 0.15) is 38.5 Å². The van der Waals surface area contributed by atoms with Crippen LogP contribution in [0.15, 0.2) is 24.3 Å². The quantitative estimate of drug-likeness (QED) is 0.707. The van der Waals surface area contributed by atoms with Crippen LogP contribution in [0.3, 0.4) is 0 Å². The van der Waals surface area contributed by atoms with E-state index in [0.717, 1.165) is 32.1 Å². The van der Waals surface area contributed by atoms with Crippen LogP contribution in [-0.2, 0) is 4.79 Å². The van der Waals surface area contributed by atoms with Crippen LogP contribution in [-0.4, -0.2) is 60.7 Å². The number of aliphatic hydroxyl groups excluding tert-OH is 1. The molecular weight excluding hydrogens is 380 g/mol. The summed E-state index contributed by atoms with van der Waals surface area (Å²) in [6, 6.07) is 6.71. The van der Waals surface area contributed by atoms with Gasteiger partial charge in [0, 0.05) is 44.7 Å². The monoisotopic (exact) mass is 410 g/mol. The van der Waals surface area contributed by atoms with Crippen LogP contribution < -0.4 is 4.74 Å². The van der Waals surface area contributed by atoms with Gasteiger partial charge in [0.2, 0.25) is 5.91 Å². The van der Waals surface area contributed by atoms with Crippen LogP contribution in [0.5, 0.6) is 5.75 Å². The molecular formula is C21H31ClN2O4. The van der Waals surface area contributed by atoms with E-state index in [1.54, 1.807) is 41.1 Å². The second kappa shape index (κ2) is 11.3. The van der Waals surface area contributed by atoms with Crippen LogP contribution >= 0.6 is 11.6 Å². The van der Waals surface area contributed by atoms with E-state index in [2.05, 4.69) is 0 Å². The van der Waals surface area contributed by atoms with Crippen LogP contribution in [0, 0.1) is 11.8 Å². The van der Waals surface area contributed by atoms with Gasteiger partial charge >= 0.3 is 6.09 Å². The number of carbonyl (C=O) groups excluding carboxylic acids is 2. The van der Waals surface area contributed by atoms with E-state index in [-0.39, 0.29) is 24.5 Å². The first-order chi connectivity index (χ1) is 13.4. The van der Waals surface area contributed by atoms with Gasteiger partial charge in [-0.2, -0.15) is 0 Å². The number of benzene rings is 1. The van der Waals surface area contributed by atoms with E-state index >= 15 is 0 Å². The lowest BCUT2D eigenvalue weighted by Gasteiger charge is -2.31. The molecule has 1 aliphatic rings. The zero-order chi connectivity index (χ0) is 20.5. The molecule has 0 bridgehead atoms. The van der Waals surface area contributed by atoms with E-state index < -0.39 is 0 Å². The summed E-state index contributed by atoms with van der Waals surface area (Å²) >= 11 is 5.83. The third kappa shape index (κ3) is 6.99. The highest BCUT2D eigenvalue weighted by Crippen LogP contribution is 2.32. The lowest BCUT2D eigenvalue weighted by atomic mass is 9.80. The van der Waals surface area contributed by atoms with E-state index in [4.69, 9.17) is 21.4 Å². The molecule has 0 heterocycles. The zero-order valence-electron chi connectivity index (χ0n) is 16.8. The van der Waals surface area contributed by atoms with Gasteiger partial charge in [0.05, 0.1) is 0 Å². The Labute approximate surface area is 172 Å². The van der Waals surface area contributed by atoms with Crippen molar-refractivity contribution in [2.75, 3.05) is 33.8 Å². The molecule has 1 aromatic rings. The molecule has 6 nitrogen and oxygen atoms in total. The number of nitrogens with zero attached hydrogens (tertiary/aromatic N) is 2. The molecule has 1 N–H and O–H groups in total. The predicted octanol–water partition coefficient (Wildman–Crippen LogP) is 3.81. The Morgan fingerprint density at radius 2 is 1.71 bits per heavy atom. The maximum Gasteiger partial charge on any atom is 0.414 e. The number of amides is 2. The fraction of sp³-hybridized carbons (Fsp3) is 0.619. The maximum atomic E-state index is 12.4. The highest BCUT2D eigenvalue weighted by atomic mass is 35.5. The fourth-order valence-electron chi connectivity index (χ4n) is 3.58. The summed E-state index contributed by atoms with van der Waals surface area (Å²) in [6.45, 7) is 1.35. The van der Waals surface area contributed by atoms with Crippen molar-refractivity contribution in [1.29, 1.82) is 0 Å². The van der Waals surface area contributed by atoms with Crippen LogP contribution in [0.4, 0.5) is 4.79 Å². The minimum Gasteiger partial charge on any atom is -0.410 e. The average Bonchev–Trinajstić information content (AvgIpc) is 2.71. The Balaban J connectivity index is 1.69. The number of carbonyl (C=O) groups is 2. The van der Waals surface area contributed by atoms with Crippen molar-refractivity contribution in [2.24, 2.45) is 11.8 Å². The number of ether oxygens (including phenoxy) is 1. The number of hydrogen-bond donors (Lipinski definition) is 1. The van der Waals surface area contributed by atoms with Crippen molar-refractivity contribution in [3.63, 3.8) is 0 Å². The minimum atomic E-state index is -0.378. The van der Waals surface area contributed by atoms with Crippen molar-refractivity contribution in [2.45, 2.75) is 38.5 Å². The lowest BCUT2D eigenvalue weighted by Crippen LogP contribution is -2.36. The molecule has 1 saturated carbocycles. The first kappa shape index (κ1) is 22.5. The molecule has 2 amide bonds.